The Morgan fingerprint density at radius 2 is 1.29 bits per heavy atom. The number of amides is 10. The standard InChI is InChI=1S/C70H81FN14O13S2/c71-46-18-21-51-50(30-46)45(33-75-51)29-54-66(94)82-56(32-62(89)90)68(96)81-55(31-47-34-74-39-77-47)67(95)83-57(27-40-16-19-48(86)20-17-40)70(98)85-24-7-15-59(85)69(97)84-58(63(73)91)38-100-37-42-9-5-8-41(26-42)36-99-25-22-60(87)78-52(14-3-4-23-72)64(92)76-35-61(88)79-53(65(93)80-54)28-44-12-6-11-43-10-1-2-13-49(43)44/h1-2,5-6,8-13,16-21,26,30,33-34,39,52-59,75,86H,3-4,7,14-15,22-25,27-29,31-32,35-38,72H2,(H2,73,91)(H,74,77)(H,76,92)(H,78,87)(H,79,88)(H,80,93)(H,81,96)(H,82,94)(H,83,95)(H,84,97)(H,89,90)/t52-,53-,54-,55-,56-,57-,58-,59-/m0/s1. The number of carbonyl (C=O) groups is 11. The number of hydrogen-bond acceptors (Lipinski definition) is 16. The normalized spacial score (nSPS) is 22.0. The molecule has 528 valence electrons. The van der Waals surface area contributed by atoms with Crippen LogP contribution in [0.3, 0.4) is 0 Å². The van der Waals surface area contributed by atoms with Crippen LogP contribution in [-0.2, 0) is 89.9 Å². The zero-order valence-electron chi connectivity index (χ0n) is 54.6. The van der Waals surface area contributed by atoms with Gasteiger partial charge in [-0.3, -0.25) is 52.7 Å². The number of halogens is 1. The Labute approximate surface area is 583 Å². The lowest BCUT2D eigenvalue weighted by atomic mass is 9.97. The van der Waals surface area contributed by atoms with E-state index in [0.29, 0.717) is 70.5 Å². The van der Waals surface area contributed by atoms with Crippen molar-refractivity contribution in [1.82, 2.24) is 62.4 Å². The fourth-order valence-corrected chi connectivity index (χ4v) is 13.9. The van der Waals surface area contributed by atoms with E-state index in [1.54, 1.807) is 18.2 Å². The van der Waals surface area contributed by atoms with Crippen molar-refractivity contribution in [2.75, 3.05) is 31.1 Å². The van der Waals surface area contributed by atoms with Gasteiger partial charge in [-0.25, -0.2) is 9.37 Å². The van der Waals surface area contributed by atoms with Crippen LogP contribution in [0.25, 0.3) is 21.7 Å². The molecule has 4 heterocycles. The van der Waals surface area contributed by atoms with E-state index < -0.39 is 139 Å². The summed E-state index contributed by atoms with van der Waals surface area (Å²) in [6.45, 7) is -0.312. The molecule has 5 aromatic carbocycles. The number of aromatic hydroxyl groups is 1. The quantitative estimate of drug-likeness (QED) is 0.0655. The van der Waals surface area contributed by atoms with Gasteiger partial charge in [0.1, 0.15) is 59.9 Å². The van der Waals surface area contributed by atoms with E-state index in [1.165, 1.54) is 89.6 Å². The van der Waals surface area contributed by atoms with Gasteiger partial charge in [0.2, 0.25) is 59.1 Å². The van der Waals surface area contributed by atoms with Gasteiger partial charge in [0.25, 0.3) is 0 Å². The molecule has 7 aromatic rings. The van der Waals surface area contributed by atoms with E-state index >= 15 is 14.4 Å². The first-order chi connectivity index (χ1) is 48.2. The molecule has 9 rings (SSSR count). The lowest BCUT2D eigenvalue weighted by molar-refractivity contribution is -0.143. The van der Waals surface area contributed by atoms with Crippen molar-refractivity contribution in [1.29, 1.82) is 0 Å². The molecule has 0 unspecified atom stereocenters. The number of H-pyrrole nitrogens is 2. The number of unbranched alkanes of at least 4 members (excludes halogenated alkanes) is 1. The van der Waals surface area contributed by atoms with Crippen molar-refractivity contribution in [2.45, 2.75) is 130 Å². The van der Waals surface area contributed by atoms with Gasteiger partial charge in [-0.2, -0.15) is 23.5 Å². The Kier molecular flexibility index (Phi) is 26.6. The predicted molar refractivity (Wildman–Crippen MR) is 373 cm³/mol. The van der Waals surface area contributed by atoms with Gasteiger partial charge in [-0.15, -0.1) is 0 Å². The van der Waals surface area contributed by atoms with E-state index in [-0.39, 0.29) is 67.8 Å². The number of hydrogen-bond donors (Lipinski definition) is 14. The molecule has 1 saturated heterocycles. The summed E-state index contributed by atoms with van der Waals surface area (Å²) in [5, 5.41) is 43.6. The van der Waals surface area contributed by atoms with Crippen LogP contribution in [0, 0.1) is 5.82 Å². The topological polar surface area (TPSA) is 424 Å². The highest BCUT2D eigenvalue weighted by Crippen LogP contribution is 2.26. The molecule has 0 radical (unpaired) electrons. The monoisotopic (exact) mass is 1410 g/mol. The molecular weight excluding hydrogens is 1330 g/mol. The minimum Gasteiger partial charge on any atom is -0.508 e. The number of fused-ring (bicyclic) bond motifs is 5. The third kappa shape index (κ3) is 21.1. The van der Waals surface area contributed by atoms with Crippen molar-refractivity contribution in [3.8, 4) is 5.75 Å². The second kappa shape index (κ2) is 36.0. The van der Waals surface area contributed by atoms with Crippen LogP contribution < -0.4 is 54.0 Å². The number of aromatic nitrogens is 3. The molecule has 2 aliphatic rings. The fraction of sp³-hybridized carbons (Fsp3) is 0.371. The molecule has 0 spiro atoms. The van der Waals surface area contributed by atoms with Gasteiger partial charge < -0.3 is 79.1 Å². The maximum absolute atomic E-state index is 15.1. The van der Waals surface area contributed by atoms with Crippen molar-refractivity contribution in [3.05, 3.63) is 167 Å². The lowest BCUT2D eigenvalue weighted by Crippen LogP contribution is -2.61. The van der Waals surface area contributed by atoms with Crippen LogP contribution in [0.2, 0.25) is 0 Å². The molecule has 30 heteroatoms. The van der Waals surface area contributed by atoms with Gasteiger partial charge in [0.05, 0.1) is 19.3 Å². The third-order valence-corrected chi connectivity index (χ3v) is 19.3. The highest BCUT2D eigenvalue weighted by atomic mass is 32.2. The summed E-state index contributed by atoms with van der Waals surface area (Å²) in [5.74, 6) is -9.47. The number of carboxylic acids is 1. The minimum atomic E-state index is -2.01. The van der Waals surface area contributed by atoms with Crippen molar-refractivity contribution in [3.63, 3.8) is 0 Å². The molecule has 2 bridgehead atoms. The number of nitrogens with zero attached hydrogens (tertiary/aromatic N) is 2. The Balaban J connectivity index is 1.05. The molecule has 10 amide bonds. The zero-order chi connectivity index (χ0) is 71.2. The molecule has 0 aliphatic carbocycles. The molecule has 2 aromatic heterocycles. The summed E-state index contributed by atoms with van der Waals surface area (Å²) in [4.78, 5) is 168. The SMILES string of the molecule is NCCCC[C@@H]1NC(=O)CCSCc2cccc(c2)CSC[C@@H](C(N)=O)NC(=O)[C@@H]2CCCN2C(=O)[C@H](Cc2ccc(O)cc2)NC(=O)[C@H](Cc2cnc[nH]2)NC(=O)[C@H](CC(=O)O)NC(=O)[C@H](Cc2c[nH]c3ccc(F)cc23)NC(=O)[C@H](Cc2cccc3ccccc23)NC(=O)CNC1=O. The molecule has 1 fully saturated rings. The fourth-order valence-electron chi connectivity index (χ4n) is 12.0. The van der Waals surface area contributed by atoms with E-state index in [0.717, 1.165) is 16.5 Å². The molecule has 27 nitrogen and oxygen atoms in total. The lowest BCUT2D eigenvalue weighted by Gasteiger charge is -2.31. The van der Waals surface area contributed by atoms with Gasteiger partial charge in [-0.1, -0.05) is 78.9 Å². The largest absolute Gasteiger partial charge is 0.508 e. The number of imidazole rings is 1. The maximum atomic E-state index is 15.1. The number of benzene rings is 5. The smallest absolute Gasteiger partial charge is 0.305 e. The molecule has 100 heavy (non-hydrogen) atoms. The van der Waals surface area contributed by atoms with Crippen molar-refractivity contribution >= 4 is 110 Å². The Bertz CT molecular complexity index is 4080. The van der Waals surface area contributed by atoms with Crippen LogP contribution in [-0.4, -0.2) is 175 Å². The predicted octanol–water partition coefficient (Wildman–Crippen LogP) is 2.32. The first-order valence-corrected chi connectivity index (χ1v) is 35.1. The number of thioether (sulfide) groups is 2. The van der Waals surface area contributed by atoms with E-state index in [9.17, 15) is 53.0 Å². The highest BCUT2D eigenvalue weighted by Gasteiger charge is 2.41. The first kappa shape index (κ1) is 73.9. The molecule has 0 saturated carbocycles. The van der Waals surface area contributed by atoms with E-state index in [1.807, 2.05) is 48.5 Å². The third-order valence-electron chi connectivity index (χ3n) is 17.2. The summed E-state index contributed by atoms with van der Waals surface area (Å²) in [7, 11) is 0. The number of aliphatic carboxylic acids is 1. The molecular formula is C70H81FN14O13S2. The molecule has 16 N–H and O–H groups in total. The summed E-state index contributed by atoms with van der Waals surface area (Å²) in [5.41, 5.74) is 15.5. The Morgan fingerprint density at radius 1 is 0.630 bits per heavy atom. The maximum Gasteiger partial charge on any atom is 0.305 e. The van der Waals surface area contributed by atoms with Crippen LogP contribution in [0.15, 0.2) is 128 Å². The first-order valence-electron chi connectivity index (χ1n) is 32.8. The second-order valence-electron chi connectivity index (χ2n) is 24.6. The average Bonchev–Trinajstić information content (AvgIpc) is 1.55. The summed E-state index contributed by atoms with van der Waals surface area (Å²) < 4.78 is 15.0. The highest BCUT2D eigenvalue weighted by molar-refractivity contribution is 7.98. The minimum absolute atomic E-state index is 0.0348. The molecule has 8 atom stereocenters. The number of carboxylic acid groups (broad SMARTS) is 1. The summed E-state index contributed by atoms with van der Waals surface area (Å²) in [6, 6.07) is 18.1. The number of rotatable bonds is 15. The summed E-state index contributed by atoms with van der Waals surface area (Å²) >= 11 is 2.82. The Hall–Kier alpha value is -10.3. The van der Waals surface area contributed by atoms with Gasteiger partial charge in [0, 0.05) is 90.7 Å². The number of nitrogens with one attached hydrogen (secondary N) is 10. The van der Waals surface area contributed by atoms with Gasteiger partial charge in [0.15, 0.2) is 0 Å². The van der Waals surface area contributed by atoms with Gasteiger partial charge >= 0.3 is 5.97 Å². The number of carbonyl (C=O) groups excluding carboxylic acids is 10. The van der Waals surface area contributed by atoms with Crippen LogP contribution in [0.5, 0.6) is 5.75 Å². The zero-order valence-corrected chi connectivity index (χ0v) is 56.2. The number of primary amides is 1. The van der Waals surface area contributed by atoms with Gasteiger partial charge in [-0.05, 0) is 108 Å². The summed E-state index contributed by atoms with van der Waals surface area (Å²) in [6.07, 6.45) is 3.54. The number of nitrogens with two attached hydrogens (primary N) is 2. The van der Waals surface area contributed by atoms with Crippen molar-refractivity contribution < 1.29 is 67.3 Å². The van der Waals surface area contributed by atoms with Crippen molar-refractivity contribution in [2.24, 2.45) is 11.5 Å². The average molecular weight is 1410 g/mol. The van der Waals surface area contributed by atoms with E-state index in [4.69, 9.17) is 11.5 Å². The number of phenols is 1. The van der Waals surface area contributed by atoms with Crippen LogP contribution in [0.4, 0.5) is 4.39 Å². The second-order valence-corrected chi connectivity index (χ2v) is 26.7. The van der Waals surface area contributed by atoms with Crippen LogP contribution >= 0.6 is 23.5 Å². The number of aromatic amines is 2. The van der Waals surface area contributed by atoms with Crippen LogP contribution in [0.1, 0.15) is 78.5 Å². The number of phenolic OH excluding ortho intramolecular Hbond substituents is 1. The molecule has 2 aliphatic heterocycles. The Morgan fingerprint density at radius 3 is 2.01 bits per heavy atom. The van der Waals surface area contributed by atoms with E-state index in [2.05, 4.69) is 57.5 Å².